The Morgan fingerprint density at radius 1 is 1.25 bits per heavy atom. The van der Waals surface area contributed by atoms with E-state index in [-0.39, 0.29) is 6.04 Å². The summed E-state index contributed by atoms with van der Waals surface area (Å²) in [6.45, 7) is 5.00. The van der Waals surface area contributed by atoms with Crippen molar-refractivity contribution in [2.75, 3.05) is 39.8 Å². The van der Waals surface area contributed by atoms with Crippen molar-refractivity contribution < 1.29 is 0 Å². The molecular formula is C15H23Cl2N3. The molecule has 1 aliphatic rings. The summed E-state index contributed by atoms with van der Waals surface area (Å²) in [5, 5.41) is 1.39. The fourth-order valence-corrected chi connectivity index (χ4v) is 3.46. The molecule has 1 saturated heterocycles. The number of likely N-dealkylation sites (N-methyl/N-ethyl adjacent to an activating group) is 1. The van der Waals surface area contributed by atoms with Crippen molar-refractivity contribution >= 4 is 23.2 Å². The van der Waals surface area contributed by atoms with Gasteiger partial charge in [-0.3, -0.25) is 4.90 Å². The summed E-state index contributed by atoms with van der Waals surface area (Å²) >= 11 is 12.6. The van der Waals surface area contributed by atoms with Crippen LogP contribution >= 0.6 is 23.2 Å². The van der Waals surface area contributed by atoms with E-state index in [2.05, 4.69) is 16.8 Å². The molecule has 2 N–H and O–H groups in total. The van der Waals surface area contributed by atoms with Crippen molar-refractivity contribution in [3.05, 3.63) is 33.8 Å². The lowest BCUT2D eigenvalue weighted by atomic mass is 10.1. The molecule has 2 rings (SSSR count). The summed E-state index contributed by atoms with van der Waals surface area (Å²) in [7, 11) is 2.09. The van der Waals surface area contributed by atoms with E-state index in [1.165, 1.54) is 25.9 Å². The standard InChI is InChI=1S/C15H23Cl2N3/c1-19(9-10-20-7-2-3-8-20)14(11-18)15-12(16)5-4-6-13(15)17/h4-6,14H,2-3,7-11,18H2,1H3. The molecule has 0 saturated carbocycles. The van der Waals surface area contributed by atoms with Crippen LogP contribution in [0, 0.1) is 0 Å². The van der Waals surface area contributed by atoms with Crippen LogP contribution in [-0.2, 0) is 0 Å². The molecule has 112 valence electrons. The van der Waals surface area contributed by atoms with E-state index in [4.69, 9.17) is 28.9 Å². The third-order valence-electron chi connectivity index (χ3n) is 4.06. The van der Waals surface area contributed by atoms with Gasteiger partial charge in [0, 0.05) is 41.3 Å². The molecule has 0 amide bonds. The first kappa shape index (κ1) is 16.1. The summed E-state index contributed by atoms with van der Waals surface area (Å²) in [6, 6.07) is 5.68. The molecule has 1 aliphatic heterocycles. The van der Waals surface area contributed by atoms with Gasteiger partial charge in [0.25, 0.3) is 0 Å². The number of nitrogens with two attached hydrogens (primary N) is 1. The van der Waals surface area contributed by atoms with Crippen LogP contribution in [0.5, 0.6) is 0 Å². The lowest BCUT2D eigenvalue weighted by Crippen LogP contribution is -2.37. The molecule has 1 atom stereocenters. The molecule has 0 aliphatic carbocycles. The Balaban J connectivity index is 2.02. The second kappa shape index (κ2) is 7.62. The maximum absolute atomic E-state index is 6.30. The molecule has 1 unspecified atom stereocenters. The monoisotopic (exact) mass is 315 g/mol. The zero-order chi connectivity index (χ0) is 14.5. The second-order valence-corrected chi connectivity index (χ2v) is 6.23. The molecular weight excluding hydrogens is 293 g/mol. The van der Waals surface area contributed by atoms with Crippen molar-refractivity contribution in [3.63, 3.8) is 0 Å². The van der Waals surface area contributed by atoms with Crippen LogP contribution in [0.3, 0.4) is 0 Å². The molecule has 0 bridgehead atoms. The average molecular weight is 316 g/mol. The minimum atomic E-state index is 0.0683. The van der Waals surface area contributed by atoms with Gasteiger partial charge in [-0.1, -0.05) is 29.3 Å². The minimum absolute atomic E-state index is 0.0683. The van der Waals surface area contributed by atoms with Gasteiger partial charge in [0.05, 0.1) is 0 Å². The van der Waals surface area contributed by atoms with Crippen molar-refractivity contribution in [3.8, 4) is 0 Å². The van der Waals surface area contributed by atoms with E-state index in [0.29, 0.717) is 16.6 Å². The number of nitrogens with zero attached hydrogens (tertiary/aromatic N) is 2. The van der Waals surface area contributed by atoms with Crippen LogP contribution in [0.1, 0.15) is 24.4 Å². The zero-order valence-corrected chi connectivity index (χ0v) is 13.5. The first-order valence-electron chi connectivity index (χ1n) is 7.20. The van der Waals surface area contributed by atoms with Gasteiger partial charge in [-0.2, -0.15) is 0 Å². The van der Waals surface area contributed by atoms with Gasteiger partial charge < -0.3 is 10.6 Å². The molecule has 1 aromatic carbocycles. The summed E-state index contributed by atoms with van der Waals surface area (Å²) in [6.07, 6.45) is 2.64. The summed E-state index contributed by atoms with van der Waals surface area (Å²) in [4.78, 5) is 4.75. The Kier molecular flexibility index (Phi) is 6.12. The van der Waals surface area contributed by atoms with Crippen LogP contribution in [-0.4, -0.2) is 49.6 Å². The molecule has 3 nitrogen and oxygen atoms in total. The number of halogens is 2. The fraction of sp³-hybridized carbons (Fsp3) is 0.600. The van der Waals surface area contributed by atoms with Crippen LogP contribution in [0.25, 0.3) is 0 Å². The van der Waals surface area contributed by atoms with Crippen LogP contribution < -0.4 is 5.73 Å². The summed E-state index contributed by atoms with van der Waals surface area (Å²) in [5.41, 5.74) is 6.90. The third kappa shape index (κ3) is 3.86. The smallest absolute Gasteiger partial charge is 0.0497 e. The van der Waals surface area contributed by atoms with E-state index in [0.717, 1.165) is 18.7 Å². The normalized spacial score (nSPS) is 17.9. The number of rotatable bonds is 6. The van der Waals surface area contributed by atoms with E-state index in [9.17, 15) is 0 Å². The first-order chi connectivity index (χ1) is 9.63. The van der Waals surface area contributed by atoms with Gasteiger partial charge >= 0.3 is 0 Å². The molecule has 1 heterocycles. The molecule has 1 fully saturated rings. The highest BCUT2D eigenvalue weighted by atomic mass is 35.5. The SMILES string of the molecule is CN(CCN1CCCC1)C(CN)c1c(Cl)cccc1Cl. The lowest BCUT2D eigenvalue weighted by molar-refractivity contribution is 0.209. The highest BCUT2D eigenvalue weighted by Gasteiger charge is 2.21. The van der Waals surface area contributed by atoms with E-state index < -0.39 is 0 Å². The maximum atomic E-state index is 6.30. The predicted octanol–water partition coefficient (Wildman–Crippen LogP) is 3.02. The van der Waals surface area contributed by atoms with Crippen molar-refractivity contribution in [2.24, 2.45) is 5.73 Å². The van der Waals surface area contributed by atoms with Crippen LogP contribution in [0.4, 0.5) is 0 Å². The largest absolute Gasteiger partial charge is 0.329 e. The second-order valence-electron chi connectivity index (χ2n) is 5.42. The maximum Gasteiger partial charge on any atom is 0.0497 e. The first-order valence-corrected chi connectivity index (χ1v) is 7.95. The van der Waals surface area contributed by atoms with Gasteiger partial charge in [-0.25, -0.2) is 0 Å². The fourth-order valence-electron chi connectivity index (χ4n) is 2.81. The Bertz CT molecular complexity index is 413. The Labute approximate surface area is 131 Å². The van der Waals surface area contributed by atoms with E-state index in [1.807, 2.05) is 18.2 Å². The highest BCUT2D eigenvalue weighted by Crippen LogP contribution is 2.32. The number of benzene rings is 1. The van der Waals surface area contributed by atoms with Crippen molar-refractivity contribution in [1.82, 2.24) is 9.80 Å². The van der Waals surface area contributed by atoms with Gasteiger partial charge in [0.2, 0.25) is 0 Å². The predicted molar refractivity (Wildman–Crippen MR) is 86.6 cm³/mol. The van der Waals surface area contributed by atoms with Crippen LogP contribution in [0.2, 0.25) is 10.0 Å². The average Bonchev–Trinajstić information content (AvgIpc) is 2.93. The molecule has 1 aromatic rings. The Hall–Kier alpha value is -0.320. The summed E-state index contributed by atoms with van der Waals surface area (Å²) in [5.74, 6) is 0. The highest BCUT2D eigenvalue weighted by molar-refractivity contribution is 6.36. The molecule has 20 heavy (non-hydrogen) atoms. The van der Waals surface area contributed by atoms with E-state index in [1.54, 1.807) is 0 Å². The Morgan fingerprint density at radius 2 is 1.85 bits per heavy atom. The molecule has 0 aromatic heterocycles. The minimum Gasteiger partial charge on any atom is -0.329 e. The van der Waals surface area contributed by atoms with E-state index >= 15 is 0 Å². The van der Waals surface area contributed by atoms with Crippen molar-refractivity contribution in [1.29, 1.82) is 0 Å². The van der Waals surface area contributed by atoms with Gasteiger partial charge in [0.1, 0.15) is 0 Å². The van der Waals surface area contributed by atoms with Gasteiger partial charge in [-0.05, 0) is 45.1 Å². The van der Waals surface area contributed by atoms with Gasteiger partial charge in [-0.15, -0.1) is 0 Å². The molecule has 0 spiro atoms. The number of likely N-dealkylation sites (tertiary alicyclic amines) is 1. The third-order valence-corrected chi connectivity index (χ3v) is 4.72. The zero-order valence-electron chi connectivity index (χ0n) is 12.0. The summed E-state index contributed by atoms with van der Waals surface area (Å²) < 4.78 is 0. The molecule has 5 heteroatoms. The lowest BCUT2D eigenvalue weighted by Gasteiger charge is -2.30. The van der Waals surface area contributed by atoms with Crippen molar-refractivity contribution in [2.45, 2.75) is 18.9 Å². The van der Waals surface area contributed by atoms with Crippen LogP contribution in [0.15, 0.2) is 18.2 Å². The Morgan fingerprint density at radius 3 is 2.40 bits per heavy atom. The quantitative estimate of drug-likeness (QED) is 0.875. The molecule has 0 radical (unpaired) electrons. The van der Waals surface area contributed by atoms with Gasteiger partial charge in [0.15, 0.2) is 0 Å². The number of hydrogen-bond acceptors (Lipinski definition) is 3. The number of hydrogen-bond donors (Lipinski definition) is 1. The topological polar surface area (TPSA) is 32.5 Å².